The highest BCUT2D eigenvalue weighted by atomic mass is 16.7. The Hall–Kier alpha value is -5.04. The van der Waals surface area contributed by atoms with Gasteiger partial charge in [0, 0.05) is 60.3 Å². The maximum Gasteiger partial charge on any atom is 0.333 e. The lowest BCUT2D eigenvalue weighted by Crippen LogP contribution is -2.32. The van der Waals surface area contributed by atoms with Crippen molar-refractivity contribution >= 4 is 56.4 Å². The van der Waals surface area contributed by atoms with Crippen molar-refractivity contribution in [3.63, 3.8) is 0 Å². The Kier molecular flexibility index (Phi) is 8.26. The van der Waals surface area contributed by atoms with Gasteiger partial charge in [0.2, 0.25) is 5.69 Å². The van der Waals surface area contributed by atoms with E-state index in [1.54, 1.807) is 0 Å². The van der Waals surface area contributed by atoms with Gasteiger partial charge in [0.05, 0.1) is 5.41 Å². The van der Waals surface area contributed by atoms with Crippen molar-refractivity contribution in [2.45, 2.75) is 77.0 Å². The molecule has 0 bridgehead atoms. The number of anilines is 1. The van der Waals surface area contributed by atoms with Gasteiger partial charge >= 0.3 is 5.97 Å². The predicted octanol–water partition coefficient (Wildman–Crippen LogP) is 8.40. The van der Waals surface area contributed by atoms with E-state index in [4.69, 9.17) is 4.84 Å². The van der Waals surface area contributed by atoms with Crippen molar-refractivity contribution < 1.29 is 23.8 Å². The van der Waals surface area contributed by atoms with Crippen LogP contribution < -0.4 is 4.90 Å². The van der Waals surface area contributed by atoms with Gasteiger partial charge in [-0.1, -0.05) is 80.9 Å². The standard InChI is InChI=1S/C42H44N3O4/c1-41(2)34(43(5)32-23-21-28-14-8-10-16-30(28)39(32)41)18-13-19-35-42(3,4)40-31-17-11-9-15-29(31)22-24-33(40)44(35)27-12-6-7-20-38(48)49-45-36(46)25-26-37(45)47/h8-11,13-19,21-24H,6-7,12,20,25-27H2,1-5H3/q+1. The number of allylic oxidation sites excluding steroid dienone is 4. The summed E-state index contributed by atoms with van der Waals surface area (Å²) in [5.41, 5.74) is 7.26. The highest BCUT2D eigenvalue weighted by Gasteiger charge is 2.44. The zero-order chi connectivity index (χ0) is 34.5. The summed E-state index contributed by atoms with van der Waals surface area (Å²) in [6.45, 7) is 10.1. The van der Waals surface area contributed by atoms with Crippen LogP contribution in [0.2, 0.25) is 0 Å². The molecule has 0 aromatic heterocycles. The van der Waals surface area contributed by atoms with Gasteiger partial charge < -0.3 is 9.74 Å². The quantitative estimate of drug-likeness (QED) is 0.103. The van der Waals surface area contributed by atoms with Crippen LogP contribution in [0, 0.1) is 0 Å². The van der Waals surface area contributed by atoms with Crippen LogP contribution >= 0.6 is 0 Å². The Morgan fingerprint density at radius 3 is 2.12 bits per heavy atom. The predicted molar refractivity (Wildman–Crippen MR) is 195 cm³/mol. The van der Waals surface area contributed by atoms with E-state index in [2.05, 4.69) is 135 Å². The minimum absolute atomic E-state index is 0.0960. The molecule has 4 aromatic rings. The molecule has 0 atom stereocenters. The molecule has 3 aliphatic heterocycles. The third-order valence-electron chi connectivity index (χ3n) is 10.6. The largest absolute Gasteiger partial charge is 0.344 e. The summed E-state index contributed by atoms with van der Waals surface area (Å²) in [6.07, 6.45) is 9.43. The van der Waals surface area contributed by atoms with E-state index < -0.39 is 17.8 Å². The first-order valence-electron chi connectivity index (χ1n) is 17.4. The van der Waals surface area contributed by atoms with Crippen LogP contribution in [0.4, 0.5) is 11.4 Å². The van der Waals surface area contributed by atoms with Crippen molar-refractivity contribution in [2.24, 2.45) is 0 Å². The number of unbranched alkanes of at least 4 members (excludes halogenated alkanes) is 2. The molecular formula is C42H44N3O4+. The van der Waals surface area contributed by atoms with Crippen molar-refractivity contribution in [1.29, 1.82) is 0 Å². The number of imide groups is 1. The minimum atomic E-state index is -0.541. The molecule has 0 unspecified atom stereocenters. The summed E-state index contributed by atoms with van der Waals surface area (Å²) in [5.74, 6) is -1.44. The van der Waals surface area contributed by atoms with Gasteiger partial charge in [-0.25, -0.2) is 4.79 Å². The average molecular weight is 655 g/mol. The summed E-state index contributed by atoms with van der Waals surface area (Å²) in [7, 11) is 2.17. The molecular weight excluding hydrogens is 610 g/mol. The molecule has 4 aromatic carbocycles. The van der Waals surface area contributed by atoms with Gasteiger partial charge in [0.15, 0.2) is 5.71 Å². The molecule has 7 heteroatoms. The van der Waals surface area contributed by atoms with Gasteiger partial charge in [0.1, 0.15) is 7.05 Å². The second kappa shape index (κ2) is 12.4. The van der Waals surface area contributed by atoms with Crippen LogP contribution in [0.1, 0.15) is 77.3 Å². The SMILES string of the molecule is C[N+]1=C(/C=C/C=C2/N(CCCCCC(=O)ON3C(=O)CCC3=O)c3ccc4ccccc4c3C2(C)C)C(C)(C)c2c1ccc1ccccc21. The topological polar surface area (TPSA) is 69.9 Å². The summed E-state index contributed by atoms with van der Waals surface area (Å²) in [6, 6.07) is 26.2. The number of benzene rings is 4. The monoisotopic (exact) mass is 654 g/mol. The maximum atomic E-state index is 12.4. The summed E-state index contributed by atoms with van der Waals surface area (Å²) >= 11 is 0. The number of carbonyl (C=O) groups is 3. The van der Waals surface area contributed by atoms with Crippen molar-refractivity contribution in [1.82, 2.24) is 5.06 Å². The zero-order valence-corrected chi connectivity index (χ0v) is 29.1. The van der Waals surface area contributed by atoms with E-state index >= 15 is 0 Å². The Labute approximate surface area is 288 Å². The lowest BCUT2D eigenvalue weighted by Gasteiger charge is -2.27. The number of carbonyl (C=O) groups excluding carboxylic acids is 3. The van der Waals surface area contributed by atoms with Crippen LogP contribution in [-0.4, -0.2) is 46.7 Å². The molecule has 0 aliphatic carbocycles. The van der Waals surface area contributed by atoms with Gasteiger partial charge in [-0.2, -0.15) is 4.58 Å². The number of hydrogen-bond acceptors (Lipinski definition) is 5. The highest BCUT2D eigenvalue weighted by molar-refractivity contribution is 6.07. The van der Waals surface area contributed by atoms with E-state index in [1.807, 2.05) is 0 Å². The Morgan fingerprint density at radius 1 is 0.796 bits per heavy atom. The molecule has 0 spiro atoms. The van der Waals surface area contributed by atoms with Crippen LogP contribution in [0.5, 0.6) is 0 Å². The fourth-order valence-corrected chi connectivity index (χ4v) is 8.22. The number of amides is 2. The van der Waals surface area contributed by atoms with Crippen molar-refractivity contribution in [3.05, 3.63) is 108 Å². The molecule has 49 heavy (non-hydrogen) atoms. The molecule has 1 fully saturated rings. The number of hydroxylamine groups is 2. The Balaban J connectivity index is 1.13. The second-order valence-electron chi connectivity index (χ2n) is 14.5. The average Bonchev–Trinajstić information content (AvgIpc) is 3.59. The van der Waals surface area contributed by atoms with E-state index in [-0.39, 0.29) is 30.1 Å². The fraction of sp³-hybridized carbons (Fsp3) is 0.333. The van der Waals surface area contributed by atoms with E-state index in [1.165, 1.54) is 55.5 Å². The van der Waals surface area contributed by atoms with E-state index in [0.29, 0.717) is 11.5 Å². The van der Waals surface area contributed by atoms with Crippen molar-refractivity contribution in [3.8, 4) is 0 Å². The number of rotatable bonds is 9. The smallest absolute Gasteiger partial charge is 0.333 e. The third-order valence-corrected chi connectivity index (χ3v) is 10.6. The maximum absolute atomic E-state index is 12.4. The second-order valence-corrected chi connectivity index (χ2v) is 14.5. The molecule has 250 valence electrons. The van der Waals surface area contributed by atoms with Crippen LogP contribution in [0.3, 0.4) is 0 Å². The normalized spacial score (nSPS) is 18.8. The van der Waals surface area contributed by atoms with Crippen molar-refractivity contribution in [2.75, 3.05) is 18.5 Å². The van der Waals surface area contributed by atoms with E-state index in [0.717, 1.165) is 19.4 Å². The number of hydrogen-bond donors (Lipinski definition) is 0. The minimum Gasteiger partial charge on any atom is -0.344 e. The highest BCUT2D eigenvalue weighted by Crippen LogP contribution is 2.51. The first-order chi connectivity index (χ1) is 23.5. The zero-order valence-electron chi connectivity index (χ0n) is 29.1. The Bertz CT molecular complexity index is 2100. The number of fused-ring (bicyclic) bond motifs is 6. The van der Waals surface area contributed by atoms with Crippen LogP contribution in [-0.2, 0) is 30.1 Å². The first-order valence-corrected chi connectivity index (χ1v) is 17.4. The fourth-order valence-electron chi connectivity index (χ4n) is 8.22. The molecule has 0 radical (unpaired) electrons. The Morgan fingerprint density at radius 2 is 1.43 bits per heavy atom. The van der Waals surface area contributed by atoms with Crippen LogP contribution in [0.15, 0.2) is 96.7 Å². The van der Waals surface area contributed by atoms with Crippen LogP contribution in [0.25, 0.3) is 21.5 Å². The summed E-state index contributed by atoms with van der Waals surface area (Å²) < 4.78 is 2.33. The van der Waals surface area contributed by atoms with Gasteiger partial charge in [-0.15, -0.1) is 5.06 Å². The number of nitrogens with zero attached hydrogens (tertiary/aromatic N) is 3. The molecule has 0 N–H and O–H groups in total. The molecule has 3 aliphatic rings. The van der Waals surface area contributed by atoms with Gasteiger partial charge in [0.25, 0.3) is 11.8 Å². The molecule has 7 rings (SSSR count). The summed E-state index contributed by atoms with van der Waals surface area (Å²) in [4.78, 5) is 43.5. The summed E-state index contributed by atoms with van der Waals surface area (Å²) in [5, 5.41) is 5.69. The lowest BCUT2D eigenvalue weighted by atomic mass is 9.79. The van der Waals surface area contributed by atoms with E-state index in [9.17, 15) is 14.4 Å². The molecule has 1 saturated heterocycles. The first kappa shape index (κ1) is 32.5. The third kappa shape index (κ3) is 5.55. The van der Waals surface area contributed by atoms with Gasteiger partial charge in [-0.3, -0.25) is 9.59 Å². The lowest BCUT2D eigenvalue weighted by molar-refractivity contribution is -0.401. The van der Waals surface area contributed by atoms with Gasteiger partial charge in [-0.05, 0) is 72.0 Å². The molecule has 0 saturated carbocycles. The molecule has 3 heterocycles. The molecule has 7 nitrogen and oxygen atoms in total. The molecule has 2 amide bonds.